The number of hydrogen-bond acceptors (Lipinski definition) is 3. The molecule has 0 aliphatic carbocycles. The standard InChI is InChI=1S/C14H30N2O/c1-13(2)15-9-11-16(3)10-6-8-14-7-4-5-12-17-14/h13-15H,4-12H2,1-3H3. The SMILES string of the molecule is CC(C)NCCN(C)CCCC1CCCCO1. The van der Waals surface area contributed by atoms with Gasteiger partial charge in [-0.3, -0.25) is 0 Å². The van der Waals surface area contributed by atoms with E-state index in [1.165, 1.54) is 38.6 Å². The predicted molar refractivity (Wildman–Crippen MR) is 73.5 cm³/mol. The Balaban J connectivity index is 1.93. The van der Waals surface area contributed by atoms with E-state index in [1.807, 2.05) is 0 Å². The highest BCUT2D eigenvalue weighted by Gasteiger charge is 2.13. The third-order valence-electron chi connectivity index (χ3n) is 3.39. The number of nitrogens with one attached hydrogen (secondary N) is 1. The largest absolute Gasteiger partial charge is 0.378 e. The third-order valence-corrected chi connectivity index (χ3v) is 3.39. The van der Waals surface area contributed by atoms with Crippen LogP contribution in [0.4, 0.5) is 0 Å². The van der Waals surface area contributed by atoms with E-state index in [4.69, 9.17) is 4.74 Å². The molecule has 0 saturated carbocycles. The Morgan fingerprint density at radius 1 is 1.29 bits per heavy atom. The Hall–Kier alpha value is -0.120. The average Bonchev–Trinajstić information content (AvgIpc) is 2.30. The summed E-state index contributed by atoms with van der Waals surface area (Å²) in [6, 6.07) is 0.596. The van der Waals surface area contributed by atoms with Gasteiger partial charge in [-0.05, 0) is 45.7 Å². The molecule has 0 radical (unpaired) electrons. The van der Waals surface area contributed by atoms with E-state index >= 15 is 0 Å². The first-order valence-electron chi connectivity index (χ1n) is 7.22. The van der Waals surface area contributed by atoms with Crippen LogP contribution in [-0.2, 0) is 4.74 Å². The summed E-state index contributed by atoms with van der Waals surface area (Å²) in [5, 5.41) is 3.45. The van der Waals surface area contributed by atoms with Crippen molar-refractivity contribution in [3.05, 3.63) is 0 Å². The summed E-state index contributed by atoms with van der Waals surface area (Å²) in [5.41, 5.74) is 0. The summed E-state index contributed by atoms with van der Waals surface area (Å²) in [5.74, 6) is 0. The van der Waals surface area contributed by atoms with Gasteiger partial charge in [0.2, 0.25) is 0 Å². The van der Waals surface area contributed by atoms with Crippen molar-refractivity contribution in [3.63, 3.8) is 0 Å². The van der Waals surface area contributed by atoms with Crippen LogP contribution in [0.1, 0.15) is 46.0 Å². The van der Waals surface area contributed by atoms with Crippen molar-refractivity contribution >= 4 is 0 Å². The van der Waals surface area contributed by atoms with Crippen molar-refractivity contribution in [1.82, 2.24) is 10.2 Å². The lowest BCUT2D eigenvalue weighted by molar-refractivity contribution is 0.00901. The number of nitrogens with zero attached hydrogens (tertiary/aromatic N) is 1. The lowest BCUT2D eigenvalue weighted by atomic mass is 10.0. The summed E-state index contributed by atoms with van der Waals surface area (Å²) in [6.07, 6.45) is 6.95. The molecule has 1 N–H and O–H groups in total. The molecule has 1 atom stereocenters. The minimum absolute atomic E-state index is 0.547. The third kappa shape index (κ3) is 7.74. The first-order valence-corrected chi connectivity index (χ1v) is 7.22. The normalized spacial score (nSPS) is 21.4. The van der Waals surface area contributed by atoms with Gasteiger partial charge in [0.1, 0.15) is 0 Å². The molecular formula is C14H30N2O. The maximum absolute atomic E-state index is 5.74. The Morgan fingerprint density at radius 3 is 2.76 bits per heavy atom. The molecule has 1 rings (SSSR count). The van der Waals surface area contributed by atoms with E-state index in [-0.39, 0.29) is 0 Å². The molecule has 1 aliphatic rings. The maximum atomic E-state index is 5.74. The summed E-state index contributed by atoms with van der Waals surface area (Å²) < 4.78 is 5.74. The molecule has 1 unspecified atom stereocenters. The van der Waals surface area contributed by atoms with Gasteiger partial charge in [0.15, 0.2) is 0 Å². The smallest absolute Gasteiger partial charge is 0.0575 e. The molecule has 1 saturated heterocycles. The van der Waals surface area contributed by atoms with Crippen LogP contribution in [0.15, 0.2) is 0 Å². The molecule has 0 spiro atoms. The van der Waals surface area contributed by atoms with Gasteiger partial charge in [-0.25, -0.2) is 0 Å². The van der Waals surface area contributed by atoms with Crippen LogP contribution >= 0.6 is 0 Å². The Kier molecular flexibility index (Phi) is 7.82. The van der Waals surface area contributed by atoms with E-state index in [2.05, 4.69) is 31.1 Å². The monoisotopic (exact) mass is 242 g/mol. The summed E-state index contributed by atoms with van der Waals surface area (Å²) in [7, 11) is 2.21. The van der Waals surface area contributed by atoms with Crippen molar-refractivity contribution in [3.8, 4) is 0 Å². The molecular weight excluding hydrogens is 212 g/mol. The molecule has 3 heteroatoms. The second-order valence-corrected chi connectivity index (χ2v) is 5.54. The second-order valence-electron chi connectivity index (χ2n) is 5.54. The fraction of sp³-hybridized carbons (Fsp3) is 1.00. The summed E-state index contributed by atoms with van der Waals surface area (Å²) in [4.78, 5) is 2.41. The number of likely N-dealkylation sites (N-methyl/N-ethyl adjacent to an activating group) is 1. The number of rotatable bonds is 8. The zero-order valence-corrected chi connectivity index (χ0v) is 11.9. The molecule has 1 fully saturated rings. The Bertz CT molecular complexity index is 179. The molecule has 1 aliphatic heterocycles. The number of hydrogen-bond donors (Lipinski definition) is 1. The van der Waals surface area contributed by atoms with Crippen LogP contribution < -0.4 is 5.32 Å². The van der Waals surface area contributed by atoms with Gasteiger partial charge in [0, 0.05) is 25.7 Å². The first-order chi connectivity index (χ1) is 8.18. The molecule has 0 bridgehead atoms. The van der Waals surface area contributed by atoms with Gasteiger partial charge < -0.3 is 15.0 Å². The van der Waals surface area contributed by atoms with Gasteiger partial charge >= 0.3 is 0 Å². The van der Waals surface area contributed by atoms with Crippen LogP contribution in [0, 0.1) is 0 Å². The summed E-state index contributed by atoms with van der Waals surface area (Å²) >= 11 is 0. The molecule has 1 heterocycles. The van der Waals surface area contributed by atoms with Crippen LogP contribution in [0.5, 0.6) is 0 Å². The highest BCUT2D eigenvalue weighted by Crippen LogP contribution is 2.16. The van der Waals surface area contributed by atoms with Crippen molar-refractivity contribution in [1.29, 1.82) is 0 Å². The van der Waals surface area contributed by atoms with Crippen LogP contribution in [0.2, 0.25) is 0 Å². The van der Waals surface area contributed by atoms with Gasteiger partial charge in [-0.1, -0.05) is 13.8 Å². The first kappa shape index (κ1) is 14.9. The van der Waals surface area contributed by atoms with Gasteiger partial charge in [-0.15, -0.1) is 0 Å². The van der Waals surface area contributed by atoms with Gasteiger partial charge in [-0.2, -0.15) is 0 Å². The van der Waals surface area contributed by atoms with E-state index < -0.39 is 0 Å². The van der Waals surface area contributed by atoms with E-state index in [1.54, 1.807) is 0 Å². The fourth-order valence-corrected chi connectivity index (χ4v) is 2.28. The van der Waals surface area contributed by atoms with Crippen molar-refractivity contribution < 1.29 is 4.74 Å². The van der Waals surface area contributed by atoms with Crippen molar-refractivity contribution in [2.24, 2.45) is 0 Å². The minimum Gasteiger partial charge on any atom is -0.378 e. The van der Waals surface area contributed by atoms with Gasteiger partial charge in [0.05, 0.1) is 6.10 Å². The lowest BCUT2D eigenvalue weighted by Crippen LogP contribution is -2.33. The van der Waals surface area contributed by atoms with Crippen LogP contribution in [-0.4, -0.2) is 50.3 Å². The topological polar surface area (TPSA) is 24.5 Å². The molecule has 17 heavy (non-hydrogen) atoms. The summed E-state index contributed by atoms with van der Waals surface area (Å²) in [6.45, 7) is 8.80. The van der Waals surface area contributed by atoms with E-state index in [0.717, 1.165) is 19.7 Å². The maximum Gasteiger partial charge on any atom is 0.0575 e. The molecule has 0 amide bonds. The Morgan fingerprint density at radius 2 is 2.12 bits per heavy atom. The van der Waals surface area contributed by atoms with Gasteiger partial charge in [0.25, 0.3) is 0 Å². The zero-order chi connectivity index (χ0) is 12.5. The number of ether oxygens (including phenoxy) is 1. The highest BCUT2D eigenvalue weighted by atomic mass is 16.5. The van der Waals surface area contributed by atoms with Crippen molar-refractivity contribution in [2.45, 2.75) is 58.1 Å². The fourth-order valence-electron chi connectivity index (χ4n) is 2.28. The highest BCUT2D eigenvalue weighted by molar-refractivity contribution is 4.65. The second kappa shape index (κ2) is 8.90. The molecule has 102 valence electrons. The average molecular weight is 242 g/mol. The molecule has 0 aromatic heterocycles. The van der Waals surface area contributed by atoms with E-state index in [0.29, 0.717) is 12.1 Å². The molecule has 0 aromatic carbocycles. The lowest BCUT2D eigenvalue weighted by Gasteiger charge is -2.24. The molecule has 0 aromatic rings. The van der Waals surface area contributed by atoms with Crippen LogP contribution in [0.3, 0.4) is 0 Å². The predicted octanol–water partition coefficient (Wildman–Crippen LogP) is 2.27. The van der Waals surface area contributed by atoms with E-state index in [9.17, 15) is 0 Å². The Labute approximate surface area is 107 Å². The van der Waals surface area contributed by atoms with Crippen LogP contribution in [0.25, 0.3) is 0 Å². The molecule has 3 nitrogen and oxygen atoms in total. The quantitative estimate of drug-likeness (QED) is 0.706. The van der Waals surface area contributed by atoms with Crippen molar-refractivity contribution in [2.75, 3.05) is 33.3 Å². The minimum atomic E-state index is 0.547. The zero-order valence-electron chi connectivity index (χ0n) is 11.9.